The Bertz CT molecular complexity index is 602. The van der Waals surface area contributed by atoms with Gasteiger partial charge in [-0.1, -0.05) is 20.3 Å². The van der Waals surface area contributed by atoms with E-state index in [4.69, 9.17) is 10.5 Å². The van der Waals surface area contributed by atoms with Crippen molar-refractivity contribution in [1.82, 2.24) is 15.5 Å². The zero-order chi connectivity index (χ0) is 21.6. The highest BCUT2D eigenvalue weighted by molar-refractivity contribution is 5.93. The summed E-state index contributed by atoms with van der Waals surface area (Å²) in [7, 11) is 0. The molecule has 4 atom stereocenters. The minimum Gasteiger partial charge on any atom is -0.444 e. The second-order valence-corrected chi connectivity index (χ2v) is 8.33. The van der Waals surface area contributed by atoms with Crippen molar-refractivity contribution in [3.63, 3.8) is 0 Å². The summed E-state index contributed by atoms with van der Waals surface area (Å²) in [6.07, 6.45) is 1.13. The molecule has 0 saturated carbocycles. The Morgan fingerprint density at radius 2 is 1.79 bits per heavy atom. The largest absolute Gasteiger partial charge is 0.444 e. The van der Waals surface area contributed by atoms with Crippen LogP contribution in [0.1, 0.15) is 60.8 Å². The van der Waals surface area contributed by atoms with Gasteiger partial charge in [-0.2, -0.15) is 0 Å². The topological polar surface area (TPSA) is 131 Å². The van der Waals surface area contributed by atoms with E-state index in [1.54, 1.807) is 27.7 Å². The molecule has 1 fully saturated rings. The van der Waals surface area contributed by atoms with Crippen LogP contribution in [-0.4, -0.2) is 59.0 Å². The number of hydrogen-bond donors (Lipinski definition) is 3. The number of likely N-dealkylation sites (tertiary alicyclic amines) is 1. The lowest BCUT2D eigenvalue weighted by Crippen LogP contribution is -2.56. The Morgan fingerprint density at radius 3 is 2.29 bits per heavy atom. The molecule has 0 radical (unpaired) electrons. The maximum absolute atomic E-state index is 12.8. The van der Waals surface area contributed by atoms with E-state index in [-0.39, 0.29) is 11.8 Å². The summed E-state index contributed by atoms with van der Waals surface area (Å²) in [5.41, 5.74) is 4.73. The van der Waals surface area contributed by atoms with E-state index < -0.39 is 41.6 Å². The summed E-state index contributed by atoms with van der Waals surface area (Å²) in [4.78, 5) is 50.5. The lowest BCUT2D eigenvalue weighted by molar-refractivity contribution is -0.140. The average molecular weight is 399 g/mol. The van der Waals surface area contributed by atoms with Crippen molar-refractivity contribution in [3.8, 4) is 0 Å². The molecule has 0 aliphatic carbocycles. The number of nitrogens with zero attached hydrogens (tertiary/aromatic N) is 1. The van der Waals surface area contributed by atoms with Crippen LogP contribution in [0.15, 0.2) is 0 Å². The molecule has 1 heterocycles. The van der Waals surface area contributed by atoms with Crippen molar-refractivity contribution < 1.29 is 23.9 Å². The fraction of sp³-hybridized carbons (Fsp3) is 0.789. The van der Waals surface area contributed by atoms with Gasteiger partial charge < -0.3 is 26.0 Å². The van der Waals surface area contributed by atoms with E-state index >= 15 is 0 Å². The second kappa shape index (κ2) is 9.75. The van der Waals surface area contributed by atoms with E-state index in [1.807, 2.05) is 13.8 Å². The molecule has 9 nitrogen and oxygen atoms in total. The molecule has 0 aromatic rings. The Hall–Kier alpha value is -2.32. The second-order valence-electron chi connectivity index (χ2n) is 8.33. The van der Waals surface area contributed by atoms with Crippen LogP contribution in [0, 0.1) is 5.92 Å². The number of nitrogens with two attached hydrogens (primary N) is 1. The number of amides is 4. The van der Waals surface area contributed by atoms with Crippen molar-refractivity contribution in [2.75, 3.05) is 6.54 Å². The SMILES string of the molecule is CC[C@H](C)[C@H](NC(=O)[C@@H]1CCCN1C(=O)[C@@H](C)NC(=O)OC(C)(C)C)C(N)=O. The molecule has 4 N–H and O–H groups in total. The summed E-state index contributed by atoms with van der Waals surface area (Å²) >= 11 is 0. The predicted molar refractivity (Wildman–Crippen MR) is 104 cm³/mol. The third kappa shape index (κ3) is 6.69. The minimum atomic E-state index is -0.843. The molecular formula is C19H34N4O5. The summed E-state index contributed by atoms with van der Waals surface area (Å²) in [6, 6.07) is -2.32. The van der Waals surface area contributed by atoms with Gasteiger partial charge in [0, 0.05) is 6.54 Å². The van der Waals surface area contributed by atoms with Gasteiger partial charge in [-0.05, 0) is 46.5 Å². The predicted octanol–water partition coefficient (Wildman–Crippen LogP) is 0.907. The van der Waals surface area contributed by atoms with Crippen LogP contribution in [0.25, 0.3) is 0 Å². The number of nitrogens with one attached hydrogen (secondary N) is 2. The van der Waals surface area contributed by atoms with Gasteiger partial charge in [0.2, 0.25) is 17.7 Å². The lowest BCUT2D eigenvalue weighted by Gasteiger charge is -2.29. The van der Waals surface area contributed by atoms with Crippen molar-refractivity contribution in [2.24, 2.45) is 11.7 Å². The van der Waals surface area contributed by atoms with Crippen molar-refractivity contribution in [2.45, 2.75) is 84.5 Å². The van der Waals surface area contributed by atoms with Gasteiger partial charge >= 0.3 is 6.09 Å². The first-order valence-corrected chi connectivity index (χ1v) is 9.77. The fourth-order valence-electron chi connectivity index (χ4n) is 3.08. The van der Waals surface area contributed by atoms with Gasteiger partial charge in [0.05, 0.1) is 0 Å². The van der Waals surface area contributed by atoms with Crippen LogP contribution in [0.2, 0.25) is 0 Å². The molecule has 9 heteroatoms. The maximum Gasteiger partial charge on any atom is 0.408 e. The lowest BCUT2D eigenvalue weighted by atomic mass is 9.98. The van der Waals surface area contributed by atoms with E-state index in [9.17, 15) is 19.2 Å². The highest BCUT2D eigenvalue weighted by atomic mass is 16.6. The van der Waals surface area contributed by atoms with Gasteiger partial charge in [0.25, 0.3) is 0 Å². The Kier molecular flexibility index (Phi) is 8.26. The number of primary amides is 1. The molecule has 1 saturated heterocycles. The van der Waals surface area contributed by atoms with Gasteiger partial charge in [-0.15, -0.1) is 0 Å². The molecule has 0 aromatic carbocycles. The van der Waals surface area contributed by atoms with Gasteiger partial charge in [-0.25, -0.2) is 4.79 Å². The smallest absolute Gasteiger partial charge is 0.408 e. The third-order valence-electron chi connectivity index (χ3n) is 4.76. The van der Waals surface area contributed by atoms with Crippen molar-refractivity contribution >= 4 is 23.8 Å². The molecule has 28 heavy (non-hydrogen) atoms. The zero-order valence-corrected chi connectivity index (χ0v) is 17.7. The highest BCUT2D eigenvalue weighted by Crippen LogP contribution is 2.20. The van der Waals surface area contributed by atoms with Crippen molar-refractivity contribution in [1.29, 1.82) is 0 Å². The number of rotatable bonds is 7. The molecule has 1 rings (SSSR count). The zero-order valence-electron chi connectivity index (χ0n) is 17.7. The molecule has 0 aromatic heterocycles. The first kappa shape index (κ1) is 23.7. The number of carbonyl (C=O) groups excluding carboxylic acids is 4. The van der Waals surface area contributed by atoms with Crippen LogP contribution in [0.5, 0.6) is 0 Å². The first-order chi connectivity index (χ1) is 12.9. The molecule has 0 bridgehead atoms. The number of alkyl carbamates (subject to hydrolysis) is 1. The summed E-state index contributed by atoms with van der Waals surface area (Å²) < 4.78 is 5.16. The summed E-state index contributed by atoms with van der Waals surface area (Å²) in [5, 5.41) is 5.19. The van der Waals surface area contributed by atoms with Crippen LogP contribution < -0.4 is 16.4 Å². The number of ether oxygens (including phenoxy) is 1. The summed E-state index contributed by atoms with van der Waals surface area (Å²) in [6.45, 7) is 10.9. The molecule has 1 aliphatic heterocycles. The van der Waals surface area contributed by atoms with Crippen LogP contribution in [-0.2, 0) is 19.1 Å². The molecule has 1 aliphatic rings. The molecule has 160 valence electrons. The van der Waals surface area contributed by atoms with Crippen molar-refractivity contribution in [3.05, 3.63) is 0 Å². The van der Waals surface area contributed by atoms with Crippen LogP contribution in [0.3, 0.4) is 0 Å². The van der Waals surface area contributed by atoms with E-state index in [2.05, 4.69) is 10.6 Å². The fourth-order valence-corrected chi connectivity index (χ4v) is 3.08. The first-order valence-electron chi connectivity index (χ1n) is 9.77. The average Bonchev–Trinajstić information content (AvgIpc) is 3.05. The van der Waals surface area contributed by atoms with E-state index in [0.717, 1.165) is 0 Å². The third-order valence-corrected chi connectivity index (χ3v) is 4.76. The minimum absolute atomic E-state index is 0.111. The van der Waals surface area contributed by atoms with Gasteiger partial charge in [0.1, 0.15) is 23.7 Å². The van der Waals surface area contributed by atoms with Crippen LogP contribution >= 0.6 is 0 Å². The van der Waals surface area contributed by atoms with Crippen LogP contribution in [0.4, 0.5) is 4.79 Å². The molecule has 0 unspecified atom stereocenters. The Morgan fingerprint density at radius 1 is 1.18 bits per heavy atom. The molecule has 0 spiro atoms. The summed E-state index contributed by atoms with van der Waals surface area (Å²) in [5.74, 6) is -1.49. The molecule has 4 amide bonds. The normalized spacial score (nSPS) is 20.1. The van der Waals surface area contributed by atoms with Gasteiger partial charge in [0.15, 0.2) is 0 Å². The number of hydrogen-bond acceptors (Lipinski definition) is 5. The maximum atomic E-state index is 12.8. The quantitative estimate of drug-likeness (QED) is 0.586. The standard InChI is InChI=1S/C19H34N4O5/c1-7-11(2)14(15(20)24)22-16(25)13-9-8-10-23(13)17(26)12(3)21-18(27)28-19(4,5)6/h11-14H,7-10H2,1-6H3,(H2,20,24)(H,21,27)(H,22,25)/t11-,12+,13-,14-/m0/s1. The van der Waals surface area contributed by atoms with Gasteiger partial charge in [-0.3, -0.25) is 14.4 Å². The Balaban J connectivity index is 2.77. The Labute approximate surface area is 166 Å². The van der Waals surface area contributed by atoms with E-state index in [1.165, 1.54) is 4.90 Å². The monoisotopic (exact) mass is 398 g/mol. The molecular weight excluding hydrogens is 364 g/mol. The number of carbonyl (C=O) groups is 4. The van der Waals surface area contributed by atoms with E-state index in [0.29, 0.717) is 25.8 Å². The highest BCUT2D eigenvalue weighted by Gasteiger charge is 2.38.